The van der Waals surface area contributed by atoms with Gasteiger partial charge in [-0.05, 0) is 48.2 Å². The number of nitrogens with one attached hydrogen (secondary N) is 1. The second-order valence-electron chi connectivity index (χ2n) is 7.71. The maximum absolute atomic E-state index is 13.9. The maximum Gasteiger partial charge on any atom is 0.148 e. The maximum atomic E-state index is 13.9. The summed E-state index contributed by atoms with van der Waals surface area (Å²) in [5, 5.41) is 11.5. The van der Waals surface area contributed by atoms with Crippen LogP contribution in [0.3, 0.4) is 0 Å². The van der Waals surface area contributed by atoms with Crippen LogP contribution >= 0.6 is 0 Å². The molecule has 7 heteroatoms. The third-order valence-corrected chi connectivity index (χ3v) is 5.80. The monoisotopic (exact) mass is 396 g/mol. The van der Waals surface area contributed by atoms with Gasteiger partial charge in [-0.25, -0.2) is 13.2 Å². The summed E-state index contributed by atoms with van der Waals surface area (Å²) in [5.74, 6) is 0.413. The molecule has 1 saturated carbocycles. The third-order valence-electron chi connectivity index (χ3n) is 5.80. The number of nitrogens with zero attached hydrogens (tertiary/aromatic N) is 3. The van der Waals surface area contributed by atoms with E-state index >= 15 is 0 Å². The van der Waals surface area contributed by atoms with Crippen LogP contribution in [0.15, 0.2) is 54.6 Å². The van der Waals surface area contributed by atoms with E-state index < -0.39 is 11.6 Å². The summed E-state index contributed by atoms with van der Waals surface area (Å²) in [5.41, 5.74) is 1.11. The van der Waals surface area contributed by atoms with E-state index in [1.165, 1.54) is 6.07 Å². The molecule has 0 radical (unpaired) electrons. The summed E-state index contributed by atoms with van der Waals surface area (Å²) < 4.78 is 41.1. The van der Waals surface area contributed by atoms with Gasteiger partial charge in [-0.15, -0.1) is 10.2 Å². The van der Waals surface area contributed by atoms with Crippen molar-refractivity contribution in [2.75, 3.05) is 18.4 Å². The highest BCUT2D eigenvalue weighted by atomic mass is 19.1. The highest BCUT2D eigenvalue weighted by Gasteiger charge is 2.55. The van der Waals surface area contributed by atoms with Crippen LogP contribution in [-0.2, 0) is 6.54 Å². The molecule has 2 aromatic carbocycles. The van der Waals surface area contributed by atoms with E-state index in [0.717, 1.165) is 36.9 Å². The van der Waals surface area contributed by atoms with Gasteiger partial charge in [0.15, 0.2) is 0 Å². The Bertz CT molecular complexity index is 1030. The molecule has 2 fully saturated rings. The Morgan fingerprint density at radius 1 is 0.897 bits per heavy atom. The van der Waals surface area contributed by atoms with Gasteiger partial charge >= 0.3 is 0 Å². The van der Waals surface area contributed by atoms with E-state index in [0.29, 0.717) is 35.9 Å². The lowest BCUT2D eigenvalue weighted by molar-refractivity contribution is 0.288. The zero-order valence-corrected chi connectivity index (χ0v) is 15.5. The van der Waals surface area contributed by atoms with Gasteiger partial charge in [0.05, 0.1) is 5.69 Å². The van der Waals surface area contributed by atoms with Gasteiger partial charge in [0.1, 0.15) is 23.3 Å². The molecule has 29 heavy (non-hydrogen) atoms. The molecule has 0 spiro atoms. The Morgan fingerprint density at radius 3 is 2.41 bits per heavy atom. The first kappa shape index (κ1) is 18.1. The molecule has 2 atom stereocenters. The summed E-state index contributed by atoms with van der Waals surface area (Å²) in [6.45, 7) is 2.45. The topological polar surface area (TPSA) is 41.0 Å². The highest BCUT2D eigenvalue weighted by molar-refractivity contribution is 5.60. The molecule has 1 saturated heterocycles. The number of hydrogen-bond donors (Lipinski definition) is 1. The molecule has 1 aromatic heterocycles. The van der Waals surface area contributed by atoms with Crippen LogP contribution in [0.2, 0.25) is 0 Å². The normalized spacial score (nSPS) is 23.1. The second kappa shape index (κ2) is 7.15. The van der Waals surface area contributed by atoms with Gasteiger partial charge in [0.2, 0.25) is 0 Å². The Labute approximate surface area is 166 Å². The van der Waals surface area contributed by atoms with E-state index in [2.05, 4.69) is 20.4 Å². The summed E-state index contributed by atoms with van der Waals surface area (Å²) in [6.07, 6.45) is 0. The predicted octanol–water partition coefficient (Wildman–Crippen LogP) is 4.10. The molecule has 2 aliphatic rings. The van der Waals surface area contributed by atoms with Crippen LogP contribution in [0.1, 0.15) is 5.56 Å². The van der Waals surface area contributed by atoms with Crippen molar-refractivity contribution >= 4 is 5.82 Å². The largest absolute Gasteiger partial charge is 0.365 e. The number of piperidine rings is 1. The number of likely N-dealkylation sites (tertiary alicyclic amines) is 1. The molecule has 2 unspecified atom stereocenters. The quantitative estimate of drug-likeness (QED) is 0.705. The highest BCUT2D eigenvalue weighted by Crippen LogP contribution is 2.47. The van der Waals surface area contributed by atoms with Crippen molar-refractivity contribution in [3.8, 4) is 11.3 Å². The fraction of sp³-hybridized carbons (Fsp3) is 0.273. The smallest absolute Gasteiger partial charge is 0.148 e. The first-order valence-corrected chi connectivity index (χ1v) is 9.60. The Kier molecular flexibility index (Phi) is 4.47. The summed E-state index contributed by atoms with van der Waals surface area (Å²) in [7, 11) is 0. The SMILES string of the molecule is Fc1ccc(F)c(-c2ccc(NC3C4CN(Cc5ccccc5F)CC43)nn2)c1. The van der Waals surface area contributed by atoms with Gasteiger partial charge in [-0.1, -0.05) is 18.2 Å². The number of aromatic nitrogens is 2. The first-order chi connectivity index (χ1) is 14.1. The lowest BCUT2D eigenvalue weighted by Crippen LogP contribution is -2.28. The minimum Gasteiger partial charge on any atom is -0.365 e. The van der Waals surface area contributed by atoms with Crippen molar-refractivity contribution in [2.45, 2.75) is 12.6 Å². The molecule has 1 aliphatic heterocycles. The Hall–Kier alpha value is -2.93. The van der Waals surface area contributed by atoms with E-state index in [1.54, 1.807) is 18.2 Å². The second-order valence-corrected chi connectivity index (χ2v) is 7.71. The standard InChI is InChI=1S/C22H19F3N4/c23-14-5-6-19(25)15(9-14)20-7-8-21(28-27-20)26-22-16-11-29(12-17(16)22)10-13-3-1-2-4-18(13)24/h1-9,16-17,22H,10-12H2,(H,26,28). The molecule has 1 aliphatic carbocycles. The fourth-order valence-electron chi connectivity index (χ4n) is 4.24. The van der Waals surface area contributed by atoms with Crippen molar-refractivity contribution < 1.29 is 13.2 Å². The van der Waals surface area contributed by atoms with Crippen LogP contribution < -0.4 is 5.32 Å². The lowest BCUT2D eigenvalue weighted by atomic mass is 10.1. The Balaban J connectivity index is 1.18. The van der Waals surface area contributed by atoms with E-state index in [4.69, 9.17) is 0 Å². The molecule has 0 bridgehead atoms. The average Bonchev–Trinajstić information content (AvgIpc) is 3.16. The molecule has 148 valence electrons. The first-order valence-electron chi connectivity index (χ1n) is 9.60. The molecule has 3 aromatic rings. The minimum absolute atomic E-state index is 0.0936. The van der Waals surface area contributed by atoms with Crippen molar-refractivity contribution in [2.24, 2.45) is 11.8 Å². The zero-order valence-electron chi connectivity index (χ0n) is 15.5. The van der Waals surface area contributed by atoms with Crippen molar-refractivity contribution in [3.05, 3.63) is 77.6 Å². The molecule has 1 N–H and O–H groups in total. The molecule has 5 rings (SSSR count). The van der Waals surface area contributed by atoms with Crippen molar-refractivity contribution in [1.29, 1.82) is 0 Å². The van der Waals surface area contributed by atoms with Gasteiger partial charge in [-0.2, -0.15) is 0 Å². The lowest BCUT2D eigenvalue weighted by Gasteiger charge is -2.20. The molecular weight excluding hydrogens is 377 g/mol. The minimum atomic E-state index is -0.534. The molecule has 2 heterocycles. The van der Waals surface area contributed by atoms with Crippen molar-refractivity contribution in [1.82, 2.24) is 15.1 Å². The van der Waals surface area contributed by atoms with E-state index in [9.17, 15) is 13.2 Å². The van der Waals surface area contributed by atoms with Gasteiger partial charge in [0.25, 0.3) is 0 Å². The van der Waals surface area contributed by atoms with Crippen LogP contribution in [0.5, 0.6) is 0 Å². The number of fused-ring (bicyclic) bond motifs is 1. The number of rotatable bonds is 5. The summed E-state index contributed by atoms with van der Waals surface area (Å²) >= 11 is 0. The van der Waals surface area contributed by atoms with Gasteiger partial charge in [0, 0.05) is 36.8 Å². The number of halogens is 3. The Morgan fingerprint density at radius 2 is 1.69 bits per heavy atom. The van der Waals surface area contributed by atoms with Crippen LogP contribution in [0.25, 0.3) is 11.3 Å². The third kappa shape index (κ3) is 3.58. The van der Waals surface area contributed by atoms with Crippen molar-refractivity contribution in [3.63, 3.8) is 0 Å². The van der Waals surface area contributed by atoms with Crippen LogP contribution in [0.4, 0.5) is 19.0 Å². The average molecular weight is 396 g/mol. The number of hydrogen-bond acceptors (Lipinski definition) is 4. The van der Waals surface area contributed by atoms with Crippen LogP contribution in [-0.4, -0.2) is 34.2 Å². The molecular formula is C22H19F3N4. The van der Waals surface area contributed by atoms with Crippen LogP contribution in [0, 0.1) is 29.3 Å². The molecule has 0 amide bonds. The van der Waals surface area contributed by atoms with E-state index in [1.807, 2.05) is 12.1 Å². The van der Waals surface area contributed by atoms with Gasteiger partial charge < -0.3 is 5.32 Å². The number of benzene rings is 2. The summed E-state index contributed by atoms with van der Waals surface area (Å²) in [6, 6.07) is 13.8. The van der Waals surface area contributed by atoms with Gasteiger partial charge in [-0.3, -0.25) is 4.90 Å². The molecule has 4 nitrogen and oxygen atoms in total. The number of anilines is 1. The summed E-state index contributed by atoms with van der Waals surface area (Å²) in [4.78, 5) is 2.27. The zero-order chi connectivity index (χ0) is 20.0. The predicted molar refractivity (Wildman–Crippen MR) is 103 cm³/mol. The fourth-order valence-corrected chi connectivity index (χ4v) is 4.24. The van der Waals surface area contributed by atoms with E-state index in [-0.39, 0.29) is 11.4 Å².